The van der Waals surface area contributed by atoms with Gasteiger partial charge in [0.1, 0.15) is 23.1 Å². The van der Waals surface area contributed by atoms with Gasteiger partial charge in [0.15, 0.2) is 5.13 Å². The van der Waals surface area contributed by atoms with Gasteiger partial charge in [0.05, 0.1) is 17.3 Å². The summed E-state index contributed by atoms with van der Waals surface area (Å²) >= 11 is 0.918. The van der Waals surface area contributed by atoms with Gasteiger partial charge in [-0.3, -0.25) is 14.5 Å². The van der Waals surface area contributed by atoms with E-state index >= 15 is 0 Å². The van der Waals surface area contributed by atoms with Crippen molar-refractivity contribution in [2.45, 2.75) is 39.2 Å². The van der Waals surface area contributed by atoms with E-state index in [1.54, 1.807) is 19.1 Å². The van der Waals surface area contributed by atoms with Crippen LogP contribution in [0.25, 0.3) is 5.76 Å². The topological polar surface area (TPSA) is 96.8 Å². The third-order valence-electron chi connectivity index (χ3n) is 6.16. The summed E-state index contributed by atoms with van der Waals surface area (Å²) in [6.45, 7) is 11.3. The molecular weight excluding hydrogens is 507 g/mol. The molecule has 0 aliphatic carbocycles. The normalized spacial score (nSPS) is 17.1. The molecule has 0 spiro atoms. The standard InChI is InChI=1S/C29H27FN2O5S/c1-6-15-37-27(36)25-16(2)31-28(38-25)32-22(17-7-11-19(12-8-17)29(3,4)5)21(24(34)26(32)35)23(33)18-9-13-20(30)14-10-18/h6-14,22,33H,1,15H2,2-5H3/b23-21+. The number of benzene rings is 2. The first-order chi connectivity index (χ1) is 17.9. The minimum absolute atomic E-state index is 0.00775. The van der Waals surface area contributed by atoms with E-state index < -0.39 is 35.3 Å². The number of anilines is 1. The van der Waals surface area contributed by atoms with E-state index in [-0.39, 0.29) is 33.2 Å². The van der Waals surface area contributed by atoms with Crippen LogP contribution in [0, 0.1) is 12.7 Å². The Morgan fingerprint density at radius 2 is 1.79 bits per heavy atom. The number of amides is 1. The molecule has 1 amide bonds. The Morgan fingerprint density at radius 3 is 2.37 bits per heavy atom. The maximum absolute atomic E-state index is 13.5. The van der Waals surface area contributed by atoms with Gasteiger partial charge in [0.25, 0.3) is 5.78 Å². The first kappa shape index (κ1) is 26.9. The molecule has 196 valence electrons. The number of thiazole rings is 1. The van der Waals surface area contributed by atoms with E-state index in [1.807, 2.05) is 12.1 Å². The van der Waals surface area contributed by atoms with Crippen molar-refractivity contribution in [1.82, 2.24) is 4.98 Å². The molecule has 0 bridgehead atoms. The number of aliphatic hydroxyl groups excluding tert-OH is 1. The molecule has 1 atom stereocenters. The Kier molecular flexibility index (Phi) is 7.33. The van der Waals surface area contributed by atoms with Crippen molar-refractivity contribution in [2.75, 3.05) is 11.5 Å². The van der Waals surface area contributed by atoms with Crippen LogP contribution in [0.1, 0.15) is 58.9 Å². The smallest absolute Gasteiger partial charge is 0.350 e. The maximum Gasteiger partial charge on any atom is 0.350 e. The van der Waals surface area contributed by atoms with Gasteiger partial charge >= 0.3 is 11.9 Å². The molecule has 0 radical (unpaired) electrons. The highest BCUT2D eigenvalue weighted by Gasteiger charge is 2.48. The molecule has 0 saturated carbocycles. The number of ether oxygens (including phenoxy) is 1. The summed E-state index contributed by atoms with van der Waals surface area (Å²) in [4.78, 5) is 45.0. The van der Waals surface area contributed by atoms with Gasteiger partial charge in [-0.1, -0.05) is 69.0 Å². The molecule has 3 aromatic rings. The van der Waals surface area contributed by atoms with Crippen molar-refractivity contribution in [3.8, 4) is 0 Å². The van der Waals surface area contributed by atoms with Crippen LogP contribution in [0.5, 0.6) is 0 Å². The minimum Gasteiger partial charge on any atom is -0.507 e. The Bertz CT molecular complexity index is 1450. The van der Waals surface area contributed by atoms with Gasteiger partial charge in [-0.25, -0.2) is 14.2 Å². The van der Waals surface area contributed by atoms with Crippen molar-refractivity contribution in [3.63, 3.8) is 0 Å². The number of Topliss-reactive ketones (excluding diaryl/α,β-unsaturated/α-hetero) is 1. The Morgan fingerprint density at radius 1 is 1.16 bits per heavy atom. The fraction of sp³-hybridized carbons (Fsp3) is 0.241. The van der Waals surface area contributed by atoms with Crippen LogP contribution in [0.15, 0.2) is 66.8 Å². The second-order valence-corrected chi connectivity index (χ2v) is 10.8. The summed E-state index contributed by atoms with van der Waals surface area (Å²) in [5.74, 6) is -3.39. The first-order valence-electron chi connectivity index (χ1n) is 11.9. The largest absolute Gasteiger partial charge is 0.507 e. The summed E-state index contributed by atoms with van der Waals surface area (Å²) in [5, 5.41) is 11.3. The lowest BCUT2D eigenvalue weighted by molar-refractivity contribution is -0.132. The van der Waals surface area contributed by atoms with Gasteiger partial charge in [-0.15, -0.1) is 0 Å². The Balaban J connectivity index is 1.89. The van der Waals surface area contributed by atoms with Gasteiger partial charge < -0.3 is 9.84 Å². The van der Waals surface area contributed by atoms with Crippen LogP contribution in [0.3, 0.4) is 0 Å². The van der Waals surface area contributed by atoms with Crippen LogP contribution >= 0.6 is 11.3 Å². The molecular formula is C29H27FN2O5S. The number of aliphatic hydroxyl groups is 1. The highest BCUT2D eigenvalue weighted by molar-refractivity contribution is 7.17. The molecule has 1 saturated heterocycles. The molecule has 2 heterocycles. The highest BCUT2D eigenvalue weighted by Crippen LogP contribution is 2.44. The van der Waals surface area contributed by atoms with E-state index in [4.69, 9.17) is 4.74 Å². The molecule has 4 rings (SSSR count). The predicted octanol–water partition coefficient (Wildman–Crippen LogP) is 5.86. The summed E-state index contributed by atoms with van der Waals surface area (Å²) < 4.78 is 18.7. The SMILES string of the molecule is C=CCOC(=O)c1sc(N2C(=O)C(=O)/C(=C(/O)c3ccc(F)cc3)C2c2ccc(C(C)(C)C)cc2)nc1C. The molecule has 38 heavy (non-hydrogen) atoms. The van der Waals surface area contributed by atoms with Gasteiger partial charge in [-0.2, -0.15) is 0 Å². The van der Waals surface area contributed by atoms with E-state index in [9.17, 15) is 23.9 Å². The monoisotopic (exact) mass is 534 g/mol. The van der Waals surface area contributed by atoms with E-state index in [2.05, 4.69) is 32.3 Å². The summed E-state index contributed by atoms with van der Waals surface area (Å²) in [6, 6.07) is 11.3. The van der Waals surface area contributed by atoms with Crippen LogP contribution in [-0.4, -0.2) is 34.4 Å². The van der Waals surface area contributed by atoms with E-state index in [0.717, 1.165) is 29.0 Å². The average Bonchev–Trinajstić information content (AvgIpc) is 3.38. The van der Waals surface area contributed by atoms with Crippen molar-refractivity contribution in [2.24, 2.45) is 0 Å². The number of ketones is 1. The lowest BCUT2D eigenvalue weighted by Gasteiger charge is -2.24. The molecule has 1 fully saturated rings. The molecule has 7 nitrogen and oxygen atoms in total. The molecule has 9 heteroatoms. The fourth-order valence-electron chi connectivity index (χ4n) is 4.15. The van der Waals surface area contributed by atoms with E-state index in [0.29, 0.717) is 11.3 Å². The number of carbonyl (C=O) groups is 3. The number of rotatable bonds is 6. The number of aromatic nitrogens is 1. The van der Waals surface area contributed by atoms with E-state index in [1.165, 1.54) is 23.1 Å². The van der Waals surface area contributed by atoms with Gasteiger partial charge in [0, 0.05) is 5.56 Å². The summed E-state index contributed by atoms with van der Waals surface area (Å²) in [6.07, 6.45) is 1.43. The highest BCUT2D eigenvalue weighted by atomic mass is 32.1. The maximum atomic E-state index is 13.5. The number of hydrogen-bond acceptors (Lipinski definition) is 7. The Hall–Kier alpha value is -4.11. The number of esters is 1. The lowest BCUT2D eigenvalue weighted by atomic mass is 9.85. The number of aryl methyl sites for hydroxylation is 1. The van der Waals surface area contributed by atoms with Crippen molar-refractivity contribution in [1.29, 1.82) is 0 Å². The molecule has 2 aromatic carbocycles. The lowest BCUT2D eigenvalue weighted by Crippen LogP contribution is -2.29. The zero-order valence-electron chi connectivity index (χ0n) is 21.4. The molecule has 1 aliphatic rings. The summed E-state index contributed by atoms with van der Waals surface area (Å²) in [7, 11) is 0. The fourth-order valence-corrected chi connectivity index (χ4v) is 5.14. The third kappa shape index (κ3) is 5.02. The molecule has 1 N–H and O–H groups in total. The first-order valence-corrected chi connectivity index (χ1v) is 12.7. The Labute approximate surface area is 223 Å². The van der Waals surface area contributed by atoms with Crippen LogP contribution in [0.4, 0.5) is 9.52 Å². The number of hydrogen-bond donors (Lipinski definition) is 1. The van der Waals surface area contributed by atoms with Crippen LogP contribution in [0.2, 0.25) is 0 Å². The van der Waals surface area contributed by atoms with Crippen molar-refractivity contribution >= 4 is 39.9 Å². The second kappa shape index (κ2) is 10.3. The zero-order chi connectivity index (χ0) is 27.8. The predicted molar refractivity (Wildman–Crippen MR) is 144 cm³/mol. The number of nitrogens with zero attached hydrogens (tertiary/aromatic N) is 2. The third-order valence-corrected chi connectivity index (χ3v) is 7.30. The average molecular weight is 535 g/mol. The van der Waals surface area contributed by atoms with Gasteiger partial charge in [0.2, 0.25) is 0 Å². The molecule has 1 aliphatic heterocycles. The van der Waals surface area contributed by atoms with Crippen LogP contribution < -0.4 is 4.90 Å². The minimum atomic E-state index is -1.03. The zero-order valence-corrected chi connectivity index (χ0v) is 22.3. The molecule has 1 unspecified atom stereocenters. The van der Waals surface area contributed by atoms with Crippen molar-refractivity contribution in [3.05, 3.63) is 99.8 Å². The number of carbonyl (C=O) groups excluding carboxylic acids is 3. The quantitative estimate of drug-likeness (QED) is 0.140. The van der Waals surface area contributed by atoms with Gasteiger partial charge in [-0.05, 0) is 47.7 Å². The number of halogens is 1. The summed E-state index contributed by atoms with van der Waals surface area (Å²) in [5.41, 5.74) is 1.82. The second-order valence-electron chi connectivity index (χ2n) is 9.85. The van der Waals surface area contributed by atoms with Crippen molar-refractivity contribution < 1.29 is 28.6 Å². The van der Waals surface area contributed by atoms with Crippen LogP contribution in [-0.2, 0) is 19.7 Å². The molecule has 1 aromatic heterocycles.